The Hall–Kier alpha value is -2.93. The average molecular weight is 412 g/mol. The summed E-state index contributed by atoms with van der Waals surface area (Å²) < 4.78 is 15.6. The summed E-state index contributed by atoms with van der Waals surface area (Å²) in [6.07, 6.45) is 1.49. The molecule has 0 aliphatic carbocycles. The van der Waals surface area contributed by atoms with E-state index in [2.05, 4.69) is 45.9 Å². The minimum absolute atomic E-state index is 0.0986. The van der Waals surface area contributed by atoms with Crippen LogP contribution < -0.4 is 14.8 Å². The highest BCUT2D eigenvalue weighted by Gasteiger charge is 2.15. The number of carbonyl (C=O) groups excluding carboxylic acids is 1. The van der Waals surface area contributed by atoms with E-state index < -0.39 is 0 Å². The van der Waals surface area contributed by atoms with E-state index in [1.54, 1.807) is 25.3 Å². The highest BCUT2D eigenvalue weighted by atomic mass is 32.1. The second kappa shape index (κ2) is 9.52. The van der Waals surface area contributed by atoms with Gasteiger partial charge in [-0.3, -0.25) is 4.79 Å². The zero-order valence-electron chi connectivity index (χ0n) is 17.1. The van der Waals surface area contributed by atoms with Crippen LogP contribution in [0, 0.1) is 6.92 Å². The highest BCUT2D eigenvalue weighted by Crippen LogP contribution is 2.33. The lowest BCUT2D eigenvalue weighted by Gasteiger charge is -2.13. The van der Waals surface area contributed by atoms with Crippen LogP contribution in [0.1, 0.15) is 47.6 Å². The molecule has 0 radical (unpaired) electrons. The fourth-order valence-electron chi connectivity index (χ4n) is 2.64. The van der Waals surface area contributed by atoms with E-state index in [1.165, 1.54) is 17.1 Å². The maximum absolute atomic E-state index is 12.4. The van der Waals surface area contributed by atoms with Gasteiger partial charge in [-0.15, -0.1) is 0 Å². The summed E-state index contributed by atoms with van der Waals surface area (Å²) in [5, 5.41) is 3.36. The lowest BCUT2D eigenvalue weighted by molar-refractivity contribution is 0.0939. The Morgan fingerprint density at radius 2 is 1.93 bits per heavy atom. The molecule has 0 aliphatic rings. The average Bonchev–Trinajstić information content (AvgIpc) is 3.16. The van der Waals surface area contributed by atoms with Gasteiger partial charge in [-0.2, -0.15) is 9.36 Å². The molecule has 152 valence electrons. The Kier molecular flexibility index (Phi) is 6.82. The van der Waals surface area contributed by atoms with Crippen molar-refractivity contribution in [3.63, 3.8) is 0 Å². The molecule has 0 bridgehead atoms. The number of benzene rings is 2. The van der Waals surface area contributed by atoms with Crippen LogP contribution in [0.3, 0.4) is 0 Å². The van der Waals surface area contributed by atoms with Crippen molar-refractivity contribution < 1.29 is 14.3 Å². The summed E-state index contributed by atoms with van der Waals surface area (Å²) in [7, 11) is 1.56. The van der Waals surface area contributed by atoms with Crippen LogP contribution in [0.15, 0.2) is 42.5 Å². The quantitative estimate of drug-likeness (QED) is 0.578. The van der Waals surface area contributed by atoms with E-state index in [4.69, 9.17) is 9.47 Å². The molecule has 0 fully saturated rings. The van der Waals surface area contributed by atoms with Gasteiger partial charge in [0.1, 0.15) is 0 Å². The number of carbonyl (C=O) groups is 1. The maximum Gasteiger partial charge on any atom is 0.298 e. The van der Waals surface area contributed by atoms with Gasteiger partial charge >= 0.3 is 0 Å². The molecule has 1 atom stereocenters. The van der Waals surface area contributed by atoms with Gasteiger partial charge in [0.15, 0.2) is 17.3 Å². The molecule has 3 aromatic rings. The standard InChI is InChI=1S/C22H25N3O3S/c1-5-15(3)23-21(26)17-10-11-18(27-4)19(13-17)28-22-24-20(25-29-22)12-16-8-6-14(2)7-9-16/h6-11,13,15H,5,12H2,1-4H3,(H,23,26). The molecule has 0 aliphatic heterocycles. The number of aromatic nitrogens is 2. The third-order valence-electron chi connectivity index (χ3n) is 4.55. The molecule has 6 nitrogen and oxygen atoms in total. The molecule has 7 heteroatoms. The summed E-state index contributed by atoms with van der Waals surface area (Å²) >= 11 is 1.18. The number of hydrogen-bond acceptors (Lipinski definition) is 6. The Bertz CT molecular complexity index is 970. The molecule has 0 saturated heterocycles. The molecule has 3 rings (SSSR count). The molecular weight excluding hydrogens is 386 g/mol. The first-order valence-electron chi connectivity index (χ1n) is 9.53. The number of hydrogen-bond donors (Lipinski definition) is 1. The molecule has 1 N–H and O–H groups in total. The van der Waals surface area contributed by atoms with Crippen LogP contribution in [-0.4, -0.2) is 28.4 Å². The lowest BCUT2D eigenvalue weighted by Crippen LogP contribution is -2.31. The van der Waals surface area contributed by atoms with E-state index >= 15 is 0 Å². The van der Waals surface area contributed by atoms with Crippen LogP contribution in [0.5, 0.6) is 16.7 Å². The normalized spacial score (nSPS) is 11.7. The van der Waals surface area contributed by atoms with Crippen molar-refractivity contribution in [3.8, 4) is 16.7 Å². The highest BCUT2D eigenvalue weighted by molar-refractivity contribution is 7.07. The number of aryl methyl sites for hydroxylation is 1. The van der Waals surface area contributed by atoms with Crippen molar-refractivity contribution in [3.05, 3.63) is 65.0 Å². The smallest absolute Gasteiger partial charge is 0.298 e. The number of methoxy groups -OCH3 is 1. The summed E-state index contributed by atoms with van der Waals surface area (Å²) in [6.45, 7) is 6.05. The number of ether oxygens (including phenoxy) is 2. The van der Waals surface area contributed by atoms with E-state index in [-0.39, 0.29) is 11.9 Å². The molecule has 1 aromatic heterocycles. The fraction of sp³-hybridized carbons (Fsp3) is 0.318. The SMILES string of the molecule is CCC(C)NC(=O)c1ccc(OC)c(Oc2nc(Cc3ccc(C)cc3)ns2)c1. The van der Waals surface area contributed by atoms with Gasteiger partial charge in [0.25, 0.3) is 11.1 Å². The third-order valence-corrected chi connectivity index (χ3v) is 5.18. The number of rotatable bonds is 8. The van der Waals surface area contributed by atoms with E-state index in [1.807, 2.05) is 13.8 Å². The van der Waals surface area contributed by atoms with Gasteiger partial charge in [-0.25, -0.2) is 0 Å². The second-order valence-electron chi connectivity index (χ2n) is 6.89. The number of amides is 1. The van der Waals surface area contributed by atoms with E-state index in [9.17, 15) is 4.79 Å². The van der Waals surface area contributed by atoms with Crippen molar-refractivity contribution in [2.24, 2.45) is 0 Å². The molecule has 0 saturated carbocycles. The number of nitrogens with zero attached hydrogens (tertiary/aromatic N) is 2. The first-order valence-corrected chi connectivity index (χ1v) is 10.3. The first-order chi connectivity index (χ1) is 14.0. The Labute approximate surface area is 175 Å². The van der Waals surface area contributed by atoms with Crippen LogP contribution in [0.25, 0.3) is 0 Å². The van der Waals surface area contributed by atoms with Gasteiger partial charge < -0.3 is 14.8 Å². The minimum Gasteiger partial charge on any atom is -0.493 e. The van der Waals surface area contributed by atoms with Gasteiger partial charge in [0.05, 0.1) is 7.11 Å². The second-order valence-corrected chi connectivity index (χ2v) is 7.60. The Morgan fingerprint density at radius 1 is 1.17 bits per heavy atom. The molecule has 29 heavy (non-hydrogen) atoms. The summed E-state index contributed by atoms with van der Waals surface area (Å²) in [5.74, 6) is 1.50. The third kappa shape index (κ3) is 5.54. The number of nitrogens with one attached hydrogen (secondary N) is 1. The topological polar surface area (TPSA) is 73.3 Å². The molecule has 1 heterocycles. The summed E-state index contributed by atoms with van der Waals surface area (Å²) in [6, 6.07) is 13.5. The molecular formula is C22H25N3O3S. The van der Waals surface area contributed by atoms with Gasteiger partial charge in [0.2, 0.25) is 0 Å². The van der Waals surface area contributed by atoms with Gasteiger partial charge in [-0.05, 0) is 44.0 Å². The molecule has 0 spiro atoms. The zero-order valence-corrected chi connectivity index (χ0v) is 17.9. The van der Waals surface area contributed by atoms with Crippen molar-refractivity contribution in [1.82, 2.24) is 14.7 Å². The zero-order chi connectivity index (χ0) is 20.8. The van der Waals surface area contributed by atoms with E-state index in [0.29, 0.717) is 34.5 Å². The minimum atomic E-state index is -0.149. The largest absolute Gasteiger partial charge is 0.493 e. The lowest BCUT2D eigenvalue weighted by atomic mass is 10.1. The van der Waals surface area contributed by atoms with Gasteiger partial charge in [-0.1, -0.05) is 36.8 Å². The predicted molar refractivity (Wildman–Crippen MR) is 114 cm³/mol. The van der Waals surface area contributed by atoms with Crippen LogP contribution in [0.4, 0.5) is 0 Å². The van der Waals surface area contributed by atoms with Crippen molar-refractivity contribution >= 4 is 17.4 Å². The molecule has 2 aromatic carbocycles. The maximum atomic E-state index is 12.4. The van der Waals surface area contributed by atoms with Gasteiger partial charge in [0, 0.05) is 29.6 Å². The first kappa shape index (κ1) is 20.8. The van der Waals surface area contributed by atoms with Crippen molar-refractivity contribution in [2.75, 3.05) is 7.11 Å². The molecule has 1 unspecified atom stereocenters. The van der Waals surface area contributed by atoms with E-state index in [0.717, 1.165) is 12.0 Å². The van der Waals surface area contributed by atoms with Crippen LogP contribution >= 0.6 is 11.5 Å². The Balaban J connectivity index is 1.75. The van der Waals surface area contributed by atoms with Crippen molar-refractivity contribution in [2.45, 2.75) is 39.7 Å². The van der Waals surface area contributed by atoms with Crippen LogP contribution in [0.2, 0.25) is 0 Å². The van der Waals surface area contributed by atoms with Crippen LogP contribution in [-0.2, 0) is 6.42 Å². The predicted octanol–water partition coefficient (Wildman–Crippen LogP) is 4.77. The Morgan fingerprint density at radius 3 is 2.62 bits per heavy atom. The monoisotopic (exact) mass is 411 g/mol. The van der Waals surface area contributed by atoms with Crippen molar-refractivity contribution in [1.29, 1.82) is 0 Å². The fourth-order valence-corrected chi connectivity index (χ4v) is 3.20. The summed E-state index contributed by atoms with van der Waals surface area (Å²) in [4.78, 5) is 16.9. The molecule has 1 amide bonds. The summed E-state index contributed by atoms with van der Waals surface area (Å²) in [5.41, 5.74) is 2.86.